The lowest BCUT2D eigenvalue weighted by Crippen LogP contribution is -2.17. The van der Waals surface area contributed by atoms with Crippen molar-refractivity contribution in [3.63, 3.8) is 0 Å². The Hall–Kier alpha value is -2.69. The number of benzene rings is 1. The molecule has 0 radical (unpaired) electrons. The Bertz CT molecular complexity index is 745. The van der Waals surface area contributed by atoms with E-state index >= 15 is 0 Å². The summed E-state index contributed by atoms with van der Waals surface area (Å²) in [6.07, 6.45) is -4.70. The van der Waals surface area contributed by atoms with Gasteiger partial charge in [0, 0.05) is 13.7 Å². The Kier molecular flexibility index (Phi) is 5.91. The van der Waals surface area contributed by atoms with Gasteiger partial charge in [0.2, 0.25) is 5.82 Å². The number of hydrogen-bond donors (Lipinski definition) is 2. The van der Waals surface area contributed by atoms with Gasteiger partial charge in [0.1, 0.15) is 6.67 Å². The van der Waals surface area contributed by atoms with Gasteiger partial charge < -0.3 is 15.8 Å². The Morgan fingerprint density at radius 1 is 1.36 bits per heavy atom. The Labute approximate surface area is 139 Å². The van der Waals surface area contributed by atoms with E-state index in [-0.39, 0.29) is 23.0 Å². The number of amidine groups is 1. The van der Waals surface area contributed by atoms with E-state index in [1.54, 1.807) is 0 Å². The van der Waals surface area contributed by atoms with Crippen molar-refractivity contribution >= 4 is 17.3 Å². The van der Waals surface area contributed by atoms with Gasteiger partial charge in [-0.1, -0.05) is 6.07 Å². The second-order valence-corrected chi connectivity index (χ2v) is 4.85. The van der Waals surface area contributed by atoms with Crippen LogP contribution < -0.4 is 11.1 Å². The van der Waals surface area contributed by atoms with Crippen LogP contribution in [0.1, 0.15) is 16.8 Å². The molecule has 1 heterocycles. The third-order valence-electron chi connectivity index (χ3n) is 3.12. The molecule has 0 fully saturated rings. The standard InChI is InChI=1S/C14H15F4N5O2/c1-24-5-4-20-13-11(22-25-23-13)12(19)21-9-3-2-8(7-15)10(6-9)14(16,17)18/h2-3,6H,4-5,7H2,1H3,(H2,19,21)(H,20,23). The summed E-state index contributed by atoms with van der Waals surface area (Å²) in [6, 6.07) is 2.95. The van der Waals surface area contributed by atoms with Gasteiger partial charge in [-0.05, 0) is 28.0 Å². The summed E-state index contributed by atoms with van der Waals surface area (Å²) in [5, 5.41) is 9.99. The van der Waals surface area contributed by atoms with Crippen LogP contribution in [0.25, 0.3) is 0 Å². The minimum absolute atomic E-state index is 0.0410. The molecule has 0 saturated carbocycles. The number of rotatable bonds is 7. The first-order valence-electron chi connectivity index (χ1n) is 7.02. The maximum absolute atomic E-state index is 13.0. The molecule has 25 heavy (non-hydrogen) atoms. The van der Waals surface area contributed by atoms with Crippen LogP contribution in [0, 0.1) is 0 Å². The van der Waals surface area contributed by atoms with Crippen molar-refractivity contribution in [3.8, 4) is 0 Å². The molecule has 2 aromatic rings. The maximum Gasteiger partial charge on any atom is 0.416 e. The van der Waals surface area contributed by atoms with Gasteiger partial charge in [0.25, 0.3) is 0 Å². The number of nitrogens with one attached hydrogen (secondary N) is 1. The lowest BCUT2D eigenvalue weighted by atomic mass is 10.1. The van der Waals surface area contributed by atoms with Gasteiger partial charge in [-0.2, -0.15) is 13.2 Å². The molecule has 136 valence electrons. The number of nitrogens with two attached hydrogens (primary N) is 1. The smallest absolute Gasteiger partial charge is 0.383 e. The van der Waals surface area contributed by atoms with Gasteiger partial charge in [-0.3, -0.25) is 0 Å². The van der Waals surface area contributed by atoms with Crippen molar-refractivity contribution in [2.24, 2.45) is 10.7 Å². The van der Waals surface area contributed by atoms with Crippen molar-refractivity contribution in [1.82, 2.24) is 10.3 Å². The highest BCUT2D eigenvalue weighted by Gasteiger charge is 2.33. The molecule has 3 N–H and O–H groups in total. The number of aliphatic imine (C=N–C) groups is 1. The van der Waals surface area contributed by atoms with E-state index in [4.69, 9.17) is 10.5 Å². The SMILES string of the molecule is COCCNc1nonc1C(N)=Nc1ccc(CF)c(C(F)(F)F)c1. The Morgan fingerprint density at radius 3 is 2.76 bits per heavy atom. The molecule has 0 aliphatic carbocycles. The Balaban J connectivity index is 2.30. The highest BCUT2D eigenvalue weighted by molar-refractivity contribution is 6.01. The van der Waals surface area contributed by atoms with Gasteiger partial charge in [-0.15, -0.1) is 0 Å². The molecule has 0 aliphatic rings. The average molecular weight is 361 g/mol. The predicted molar refractivity (Wildman–Crippen MR) is 81.3 cm³/mol. The average Bonchev–Trinajstić information content (AvgIpc) is 3.03. The summed E-state index contributed by atoms with van der Waals surface area (Å²) in [7, 11) is 1.51. The summed E-state index contributed by atoms with van der Waals surface area (Å²) >= 11 is 0. The molecule has 1 aromatic heterocycles. The second-order valence-electron chi connectivity index (χ2n) is 4.85. The van der Waals surface area contributed by atoms with Crippen LogP contribution in [-0.2, 0) is 17.6 Å². The normalized spacial score (nSPS) is 12.4. The summed E-state index contributed by atoms with van der Waals surface area (Å²) in [5.74, 6) is -0.0305. The van der Waals surface area contributed by atoms with Crippen molar-refractivity contribution < 1.29 is 26.9 Å². The first kappa shape index (κ1) is 18.6. The van der Waals surface area contributed by atoms with E-state index in [0.717, 1.165) is 6.07 Å². The molecule has 0 amide bonds. The third kappa shape index (κ3) is 4.66. The fourth-order valence-electron chi connectivity index (χ4n) is 1.95. The summed E-state index contributed by atoms with van der Waals surface area (Å²) in [5.41, 5.74) is 4.12. The second kappa shape index (κ2) is 7.92. The van der Waals surface area contributed by atoms with Crippen LogP contribution in [0.4, 0.5) is 29.1 Å². The monoisotopic (exact) mass is 361 g/mol. The fraction of sp³-hybridized carbons (Fsp3) is 0.357. The van der Waals surface area contributed by atoms with E-state index in [1.807, 2.05) is 0 Å². The van der Waals surface area contributed by atoms with Crippen molar-refractivity contribution in [1.29, 1.82) is 0 Å². The number of methoxy groups -OCH3 is 1. The third-order valence-corrected chi connectivity index (χ3v) is 3.12. The number of hydrogen-bond acceptors (Lipinski definition) is 6. The van der Waals surface area contributed by atoms with Gasteiger partial charge in [-0.25, -0.2) is 14.0 Å². The Morgan fingerprint density at radius 2 is 2.12 bits per heavy atom. The number of anilines is 1. The molecule has 0 atom stereocenters. The summed E-state index contributed by atoms with van der Waals surface area (Å²) in [6.45, 7) is -0.480. The molecular formula is C14H15F4N5O2. The van der Waals surface area contributed by atoms with Crippen LogP contribution in [0.3, 0.4) is 0 Å². The van der Waals surface area contributed by atoms with Gasteiger partial charge >= 0.3 is 6.18 Å². The minimum Gasteiger partial charge on any atom is -0.383 e. The first-order valence-corrected chi connectivity index (χ1v) is 7.02. The van der Waals surface area contributed by atoms with Crippen LogP contribution in [0.5, 0.6) is 0 Å². The van der Waals surface area contributed by atoms with E-state index < -0.39 is 24.0 Å². The molecule has 0 spiro atoms. The number of ether oxygens (including phenoxy) is 1. The molecule has 2 rings (SSSR count). The van der Waals surface area contributed by atoms with Crippen LogP contribution in [0.15, 0.2) is 27.8 Å². The number of nitrogens with zero attached hydrogens (tertiary/aromatic N) is 3. The largest absolute Gasteiger partial charge is 0.416 e. The molecule has 7 nitrogen and oxygen atoms in total. The number of aromatic nitrogens is 2. The molecule has 0 saturated heterocycles. The molecule has 1 aromatic carbocycles. The van der Waals surface area contributed by atoms with Crippen molar-refractivity contribution in [2.45, 2.75) is 12.9 Å². The molecule has 0 aliphatic heterocycles. The molecule has 0 bridgehead atoms. The van der Waals surface area contributed by atoms with E-state index in [2.05, 4.69) is 25.3 Å². The maximum atomic E-state index is 13.0. The molecule has 0 unspecified atom stereocenters. The van der Waals surface area contributed by atoms with Gasteiger partial charge in [0.15, 0.2) is 11.5 Å². The van der Waals surface area contributed by atoms with E-state index in [0.29, 0.717) is 19.2 Å². The molecular weight excluding hydrogens is 346 g/mol. The number of halogens is 4. The van der Waals surface area contributed by atoms with Crippen LogP contribution in [-0.4, -0.2) is 36.4 Å². The lowest BCUT2D eigenvalue weighted by molar-refractivity contribution is -0.138. The van der Waals surface area contributed by atoms with Crippen molar-refractivity contribution in [2.75, 3.05) is 25.6 Å². The summed E-state index contributed by atoms with van der Waals surface area (Å²) in [4.78, 5) is 3.88. The fourth-order valence-corrected chi connectivity index (χ4v) is 1.95. The van der Waals surface area contributed by atoms with E-state index in [9.17, 15) is 17.6 Å². The summed E-state index contributed by atoms with van der Waals surface area (Å²) < 4.78 is 61.0. The molecule has 11 heteroatoms. The lowest BCUT2D eigenvalue weighted by Gasteiger charge is -2.11. The predicted octanol–water partition coefficient (Wildman–Crippen LogP) is 2.65. The highest BCUT2D eigenvalue weighted by atomic mass is 19.4. The van der Waals surface area contributed by atoms with E-state index in [1.165, 1.54) is 13.2 Å². The topological polar surface area (TPSA) is 98.6 Å². The highest BCUT2D eigenvalue weighted by Crippen LogP contribution is 2.35. The van der Waals surface area contributed by atoms with Gasteiger partial charge in [0.05, 0.1) is 17.9 Å². The first-order chi connectivity index (χ1) is 11.9. The number of alkyl halides is 4. The zero-order chi connectivity index (χ0) is 18.4. The van der Waals surface area contributed by atoms with Crippen molar-refractivity contribution in [3.05, 3.63) is 35.0 Å². The zero-order valence-electron chi connectivity index (χ0n) is 13.1. The minimum atomic E-state index is -4.70. The van der Waals surface area contributed by atoms with Crippen LogP contribution in [0.2, 0.25) is 0 Å². The zero-order valence-corrected chi connectivity index (χ0v) is 13.1. The quantitative estimate of drug-likeness (QED) is 0.340. The van der Waals surface area contributed by atoms with Crippen LogP contribution >= 0.6 is 0 Å².